The molecule has 24 heavy (non-hydrogen) atoms. The monoisotopic (exact) mass is 341 g/mol. The van der Waals surface area contributed by atoms with E-state index in [0.29, 0.717) is 6.42 Å². The Morgan fingerprint density at radius 1 is 0.792 bits per heavy atom. The van der Waals surface area contributed by atoms with Crippen molar-refractivity contribution in [3.63, 3.8) is 0 Å². The van der Waals surface area contributed by atoms with Gasteiger partial charge in [0.15, 0.2) is 5.78 Å². The van der Waals surface area contributed by atoms with Crippen LogP contribution in [0, 0.1) is 5.92 Å². The summed E-state index contributed by atoms with van der Waals surface area (Å²) < 4.78 is 0. The van der Waals surface area contributed by atoms with E-state index in [-0.39, 0.29) is 11.7 Å². The molecule has 144 valence electrons. The van der Waals surface area contributed by atoms with E-state index in [9.17, 15) is 9.90 Å². The molecule has 0 amide bonds. The van der Waals surface area contributed by atoms with Gasteiger partial charge in [-0.2, -0.15) is 0 Å². The van der Waals surface area contributed by atoms with E-state index in [2.05, 4.69) is 6.92 Å². The second kappa shape index (κ2) is 16.1. The summed E-state index contributed by atoms with van der Waals surface area (Å²) in [6.45, 7) is 6.14. The number of hydrogen-bond acceptors (Lipinski definition) is 3. The van der Waals surface area contributed by atoms with Crippen LogP contribution >= 0.6 is 0 Å². The predicted molar refractivity (Wildman–Crippen MR) is 104 cm³/mol. The first-order chi connectivity index (χ1) is 11.5. The Hall–Kier alpha value is -0.410. The summed E-state index contributed by atoms with van der Waals surface area (Å²) in [5, 5.41) is 9.87. The van der Waals surface area contributed by atoms with Gasteiger partial charge in [0, 0.05) is 12.5 Å². The Morgan fingerprint density at radius 2 is 1.17 bits per heavy atom. The third kappa shape index (κ3) is 12.9. The molecule has 2 atom stereocenters. The molecule has 0 spiro atoms. The maximum Gasteiger partial charge on any atom is 0.162 e. The number of ketones is 1. The lowest BCUT2D eigenvalue weighted by molar-refractivity contribution is -0.128. The first-order valence-electron chi connectivity index (χ1n) is 10.5. The predicted octanol–water partition coefficient (Wildman–Crippen LogP) is 5.38. The summed E-state index contributed by atoms with van der Waals surface area (Å²) in [6.07, 6.45) is 16.3. The quantitative estimate of drug-likeness (QED) is 0.349. The third-order valence-corrected chi connectivity index (χ3v) is 4.99. The van der Waals surface area contributed by atoms with Crippen LogP contribution in [0.2, 0.25) is 0 Å². The van der Waals surface area contributed by atoms with Gasteiger partial charge in [0.2, 0.25) is 0 Å². The number of aliphatic hydroxyl groups excluding tert-OH is 1. The van der Waals surface area contributed by atoms with Crippen LogP contribution in [0.3, 0.4) is 0 Å². The fraction of sp³-hybridized carbons (Fsp3) is 0.952. The minimum absolute atomic E-state index is 0.0840. The SMILES string of the molecule is CCCCCCCCCCCCCCCC(=O)C(O)[C@@H](N)C(C)C. The van der Waals surface area contributed by atoms with Crippen molar-refractivity contribution < 1.29 is 9.90 Å². The van der Waals surface area contributed by atoms with Gasteiger partial charge in [-0.1, -0.05) is 97.8 Å². The molecule has 0 heterocycles. The van der Waals surface area contributed by atoms with Crippen LogP contribution in [0.15, 0.2) is 0 Å². The van der Waals surface area contributed by atoms with Crippen molar-refractivity contribution in [1.82, 2.24) is 0 Å². The highest BCUT2D eigenvalue weighted by atomic mass is 16.3. The Kier molecular flexibility index (Phi) is 15.8. The molecule has 3 nitrogen and oxygen atoms in total. The largest absolute Gasteiger partial charge is 0.384 e. The summed E-state index contributed by atoms with van der Waals surface area (Å²) in [6, 6.07) is -0.431. The van der Waals surface area contributed by atoms with Gasteiger partial charge in [-0.25, -0.2) is 0 Å². The second-order valence-electron chi connectivity index (χ2n) is 7.73. The second-order valence-corrected chi connectivity index (χ2v) is 7.73. The zero-order valence-electron chi connectivity index (χ0n) is 16.6. The van der Waals surface area contributed by atoms with Crippen molar-refractivity contribution in [3.05, 3.63) is 0 Å². The van der Waals surface area contributed by atoms with Crippen LogP contribution in [0.1, 0.15) is 111 Å². The number of unbranched alkanes of at least 4 members (excludes halogenated alkanes) is 12. The topological polar surface area (TPSA) is 63.3 Å². The van der Waals surface area contributed by atoms with Gasteiger partial charge in [-0.05, 0) is 12.3 Å². The normalized spacial score (nSPS) is 14.1. The Bertz CT molecular complexity index is 292. The third-order valence-electron chi connectivity index (χ3n) is 4.99. The summed E-state index contributed by atoms with van der Waals surface area (Å²) in [4.78, 5) is 11.9. The molecular formula is C21H43NO2. The van der Waals surface area contributed by atoms with E-state index >= 15 is 0 Å². The lowest BCUT2D eigenvalue weighted by atomic mass is 9.94. The number of Topliss-reactive ketones (excluding diaryl/α,β-unsaturated/α-hetero) is 1. The average Bonchev–Trinajstić information content (AvgIpc) is 2.57. The average molecular weight is 342 g/mol. The molecule has 0 saturated heterocycles. The molecule has 0 aliphatic carbocycles. The van der Waals surface area contributed by atoms with E-state index in [1.54, 1.807) is 0 Å². The smallest absolute Gasteiger partial charge is 0.162 e. The lowest BCUT2D eigenvalue weighted by Gasteiger charge is -2.20. The fourth-order valence-corrected chi connectivity index (χ4v) is 3.04. The number of nitrogens with two attached hydrogens (primary N) is 1. The molecule has 3 N–H and O–H groups in total. The van der Waals surface area contributed by atoms with Crippen LogP contribution < -0.4 is 5.73 Å². The van der Waals surface area contributed by atoms with Crippen molar-refractivity contribution in [2.24, 2.45) is 11.7 Å². The molecule has 0 rings (SSSR count). The Balaban J connectivity index is 3.35. The van der Waals surface area contributed by atoms with Crippen molar-refractivity contribution in [1.29, 1.82) is 0 Å². The molecule has 3 heteroatoms. The van der Waals surface area contributed by atoms with Crippen LogP contribution in [-0.2, 0) is 4.79 Å². The van der Waals surface area contributed by atoms with Crippen molar-refractivity contribution in [2.75, 3.05) is 0 Å². The van der Waals surface area contributed by atoms with Crippen molar-refractivity contribution in [3.8, 4) is 0 Å². The summed E-state index contributed by atoms with van der Waals surface area (Å²) in [7, 11) is 0. The first-order valence-corrected chi connectivity index (χ1v) is 10.5. The van der Waals surface area contributed by atoms with Gasteiger partial charge in [-0.15, -0.1) is 0 Å². The van der Waals surface area contributed by atoms with Crippen molar-refractivity contribution in [2.45, 2.75) is 123 Å². The molecule has 0 radical (unpaired) electrons. The number of carbonyl (C=O) groups is 1. The van der Waals surface area contributed by atoms with Crippen LogP contribution in [0.4, 0.5) is 0 Å². The zero-order chi connectivity index (χ0) is 18.2. The molecular weight excluding hydrogens is 298 g/mol. The molecule has 0 aromatic carbocycles. The molecule has 0 bridgehead atoms. The Labute approximate surface area is 150 Å². The zero-order valence-corrected chi connectivity index (χ0v) is 16.6. The van der Waals surface area contributed by atoms with Gasteiger partial charge in [-0.3, -0.25) is 4.79 Å². The van der Waals surface area contributed by atoms with Crippen LogP contribution in [0.25, 0.3) is 0 Å². The highest BCUT2D eigenvalue weighted by Crippen LogP contribution is 2.14. The number of rotatable bonds is 17. The molecule has 0 saturated carbocycles. The van der Waals surface area contributed by atoms with Gasteiger partial charge in [0.1, 0.15) is 6.10 Å². The first kappa shape index (κ1) is 23.6. The molecule has 0 aromatic heterocycles. The number of hydrogen-bond donors (Lipinski definition) is 2. The van der Waals surface area contributed by atoms with Gasteiger partial charge < -0.3 is 10.8 Å². The minimum Gasteiger partial charge on any atom is -0.384 e. The molecule has 0 aliphatic rings. The molecule has 0 fully saturated rings. The molecule has 0 aliphatic heterocycles. The van der Waals surface area contributed by atoms with E-state index < -0.39 is 12.1 Å². The molecule has 0 aromatic rings. The highest BCUT2D eigenvalue weighted by molar-refractivity contribution is 5.83. The van der Waals surface area contributed by atoms with Crippen LogP contribution in [0.5, 0.6) is 0 Å². The summed E-state index contributed by atoms with van der Waals surface area (Å²) in [5.41, 5.74) is 5.83. The summed E-state index contributed by atoms with van der Waals surface area (Å²) in [5.74, 6) is 0.0508. The minimum atomic E-state index is -0.984. The van der Waals surface area contributed by atoms with E-state index in [0.717, 1.165) is 12.8 Å². The van der Waals surface area contributed by atoms with E-state index in [4.69, 9.17) is 5.73 Å². The summed E-state index contributed by atoms with van der Waals surface area (Å²) >= 11 is 0. The number of aliphatic hydroxyl groups is 1. The highest BCUT2D eigenvalue weighted by Gasteiger charge is 2.24. The van der Waals surface area contributed by atoms with Crippen LogP contribution in [-0.4, -0.2) is 23.0 Å². The fourth-order valence-electron chi connectivity index (χ4n) is 3.04. The van der Waals surface area contributed by atoms with Gasteiger partial charge >= 0.3 is 0 Å². The maximum atomic E-state index is 11.9. The number of carbonyl (C=O) groups excluding carboxylic acids is 1. The lowest BCUT2D eigenvalue weighted by Crippen LogP contribution is -2.44. The van der Waals surface area contributed by atoms with Gasteiger partial charge in [0.25, 0.3) is 0 Å². The van der Waals surface area contributed by atoms with E-state index in [1.165, 1.54) is 70.6 Å². The molecule has 1 unspecified atom stereocenters. The Morgan fingerprint density at radius 3 is 1.54 bits per heavy atom. The van der Waals surface area contributed by atoms with Gasteiger partial charge in [0.05, 0.1) is 0 Å². The maximum absolute atomic E-state index is 11.9. The van der Waals surface area contributed by atoms with E-state index in [1.807, 2.05) is 13.8 Å². The van der Waals surface area contributed by atoms with Crippen molar-refractivity contribution >= 4 is 5.78 Å². The standard InChI is InChI=1S/C21H43NO2/c1-4-5-6-7-8-9-10-11-12-13-14-15-16-17-19(23)21(24)20(22)18(2)3/h18,20-21,24H,4-17,22H2,1-3H3/t20-,21?/m0/s1.